The second-order valence-corrected chi connectivity index (χ2v) is 5.79. The Morgan fingerprint density at radius 2 is 1.76 bits per heavy atom. The summed E-state index contributed by atoms with van der Waals surface area (Å²) in [5.41, 5.74) is 0.199. The Morgan fingerprint density at radius 3 is 2.48 bits per heavy atom. The summed E-state index contributed by atoms with van der Waals surface area (Å²) in [6.45, 7) is 1.21. The molecule has 0 aromatic heterocycles. The monoisotopic (exact) mass is 341 g/mol. The number of carbonyl (C=O) groups is 2. The topological polar surface area (TPSA) is 84.9 Å². The molecular weight excluding hydrogens is 322 g/mol. The van der Waals surface area contributed by atoms with Crippen LogP contribution in [0.3, 0.4) is 0 Å². The Labute approximate surface area is 145 Å². The fourth-order valence-electron chi connectivity index (χ4n) is 2.68. The van der Waals surface area contributed by atoms with E-state index in [1.165, 1.54) is 24.3 Å². The van der Waals surface area contributed by atoms with Gasteiger partial charge in [-0.2, -0.15) is 0 Å². The van der Waals surface area contributed by atoms with E-state index in [0.29, 0.717) is 0 Å². The van der Waals surface area contributed by atoms with Crippen LogP contribution >= 0.6 is 0 Å². The lowest BCUT2D eigenvalue weighted by Crippen LogP contribution is -2.28. The van der Waals surface area contributed by atoms with Crippen LogP contribution in [0, 0.1) is 0 Å². The van der Waals surface area contributed by atoms with Crippen LogP contribution in [-0.2, 0) is 4.74 Å². The molecule has 6 nitrogen and oxygen atoms in total. The van der Waals surface area contributed by atoms with Crippen LogP contribution in [0.2, 0.25) is 0 Å². The lowest BCUT2D eigenvalue weighted by atomic mass is 10.2. The summed E-state index contributed by atoms with van der Waals surface area (Å²) in [6.07, 6.45) is 2.04. The molecule has 0 saturated carbocycles. The number of rotatable bonds is 5. The summed E-state index contributed by atoms with van der Waals surface area (Å²) in [6, 6.07) is 12.6. The highest BCUT2D eigenvalue weighted by molar-refractivity contribution is 5.97. The highest BCUT2D eigenvalue weighted by Crippen LogP contribution is 2.23. The molecule has 2 aromatic rings. The van der Waals surface area contributed by atoms with E-state index >= 15 is 0 Å². The van der Waals surface area contributed by atoms with Gasteiger partial charge in [0, 0.05) is 6.04 Å². The second-order valence-electron chi connectivity index (χ2n) is 5.79. The Balaban J connectivity index is 1.71. The molecule has 130 valence electrons. The molecule has 1 heterocycles. The van der Waals surface area contributed by atoms with E-state index < -0.39 is 11.9 Å². The third kappa shape index (κ3) is 4.16. The van der Waals surface area contributed by atoms with Gasteiger partial charge in [0.2, 0.25) is 0 Å². The van der Waals surface area contributed by atoms with Gasteiger partial charge in [-0.1, -0.05) is 24.3 Å². The Hall–Kier alpha value is -2.86. The van der Waals surface area contributed by atoms with E-state index in [4.69, 9.17) is 9.47 Å². The standard InChI is InChI=1S/C19H19NO5/c21-16-9-3-1-7-14(16)19(23)25-17-10-4-2-8-15(17)18(22)24-12-13-6-5-11-20-13/h1-4,7-10,13,20-21H,5-6,11-12H2. The number of benzene rings is 2. The van der Waals surface area contributed by atoms with Crippen LogP contribution in [0.4, 0.5) is 0 Å². The van der Waals surface area contributed by atoms with Crippen LogP contribution in [0.15, 0.2) is 48.5 Å². The summed E-state index contributed by atoms with van der Waals surface area (Å²) >= 11 is 0. The van der Waals surface area contributed by atoms with Gasteiger partial charge in [0.15, 0.2) is 0 Å². The number of phenolic OH excluding ortho intramolecular Hbond substituents is 1. The van der Waals surface area contributed by atoms with Crippen molar-refractivity contribution in [2.75, 3.05) is 13.2 Å². The molecule has 1 saturated heterocycles. The number of ether oxygens (including phenoxy) is 2. The molecule has 0 amide bonds. The van der Waals surface area contributed by atoms with Gasteiger partial charge in [0.1, 0.15) is 29.2 Å². The molecule has 3 rings (SSSR count). The lowest BCUT2D eigenvalue weighted by Gasteiger charge is -2.13. The molecule has 1 fully saturated rings. The zero-order valence-corrected chi connectivity index (χ0v) is 13.6. The average molecular weight is 341 g/mol. The second kappa shape index (κ2) is 7.81. The minimum absolute atomic E-state index is 0.0285. The minimum Gasteiger partial charge on any atom is -0.507 e. The molecule has 2 N–H and O–H groups in total. The van der Waals surface area contributed by atoms with Crippen molar-refractivity contribution in [2.45, 2.75) is 18.9 Å². The molecule has 1 atom stereocenters. The number of para-hydroxylation sites is 2. The van der Waals surface area contributed by atoms with Gasteiger partial charge in [0.05, 0.1) is 0 Å². The van der Waals surface area contributed by atoms with E-state index in [-0.39, 0.29) is 35.3 Å². The maximum atomic E-state index is 12.3. The molecule has 6 heteroatoms. The first kappa shape index (κ1) is 17.0. The SMILES string of the molecule is O=C(Oc1ccccc1C(=O)OCC1CCCN1)c1ccccc1O. The predicted octanol–water partition coefficient (Wildman–Crippen LogP) is 2.52. The number of esters is 2. The third-order valence-corrected chi connectivity index (χ3v) is 4.01. The van der Waals surface area contributed by atoms with Gasteiger partial charge < -0.3 is 19.9 Å². The molecule has 0 aliphatic carbocycles. The minimum atomic E-state index is -0.740. The number of hydrogen-bond donors (Lipinski definition) is 2. The van der Waals surface area contributed by atoms with Crippen molar-refractivity contribution in [3.05, 3.63) is 59.7 Å². The molecule has 1 unspecified atom stereocenters. The van der Waals surface area contributed by atoms with Crippen LogP contribution in [0.25, 0.3) is 0 Å². The fraction of sp³-hybridized carbons (Fsp3) is 0.263. The molecule has 25 heavy (non-hydrogen) atoms. The van der Waals surface area contributed by atoms with Crippen LogP contribution in [0.5, 0.6) is 11.5 Å². The summed E-state index contributed by atoms with van der Waals surface area (Å²) < 4.78 is 10.6. The van der Waals surface area contributed by atoms with Crippen molar-refractivity contribution >= 4 is 11.9 Å². The lowest BCUT2D eigenvalue weighted by molar-refractivity contribution is 0.0468. The van der Waals surface area contributed by atoms with Gasteiger partial charge in [-0.25, -0.2) is 9.59 Å². The Bertz CT molecular complexity index is 768. The zero-order valence-electron chi connectivity index (χ0n) is 13.6. The molecule has 1 aliphatic rings. The van der Waals surface area contributed by atoms with Gasteiger partial charge >= 0.3 is 11.9 Å². The van der Waals surface area contributed by atoms with E-state index in [1.54, 1.807) is 24.3 Å². The third-order valence-electron chi connectivity index (χ3n) is 4.01. The number of phenols is 1. The molecular formula is C19H19NO5. The highest BCUT2D eigenvalue weighted by Gasteiger charge is 2.21. The zero-order chi connectivity index (χ0) is 17.6. The maximum absolute atomic E-state index is 12.3. The van der Waals surface area contributed by atoms with Gasteiger partial charge in [-0.05, 0) is 43.7 Å². The summed E-state index contributed by atoms with van der Waals surface area (Å²) in [5.74, 6) is -1.37. The Morgan fingerprint density at radius 1 is 1.04 bits per heavy atom. The first-order valence-corrected chi connectivity index (χ1v) is 8.15. The van der Waals surface area contributed by atoms with Crippen molar-refractivity contribution in [1.82, 2.24) is 5.32 Å². The van der Waals surface area contributed by atoms with Crippen molar-refractivity contribution in [3.8, 4) is 11.5 Å². The maximum Gasteiger partial charge on any atom is 0.347 e. The van der Waals surface area contributed by atoms with Crippen LogP contribution in [-0.4, -0.2) is 36.2 Å². The largest absolute Gasteiger partial charge is 0.507 e. The van der Waals surface area contributed by atoms with Crippen LogP contribution < -0.4 is 10.1 Å². The Kier molecular flexibility index (Phi) is 5.30. The number of carbonyl (C=O) groups excluding carboxylic acids is 2. The summed E-state index contributed by atoms with van der Waals surface area (Å²) in [7, 11) is 0. The van der Waals surface area contributed by atoms with E-state index in [2.05, 4.69) is 5.32 Å². The molecule has 1 aliphatic heterocycles. The molecule has 0 bridgehead atoms. The number of nitrogens with one attached hydrogen (secondary N) is 1. The van der Waals surface area contributed by atoms with Crippen LogP contribution in [0.1, 0.15) is 33.6 Å². The molecule has 0 radical (unpaired) electrons. The van der Waals surface area contributed by atoms with Crippen molar-refractivity contribution in [1.29, 1.82) is 0 Å². The van der Waals surface area contributed by atoms with Gasteiger partial charge in [-0.15, -0.1) is 0 Å². The first-order chi connectivity index (χ1) is 12.1. The van der Waals surface area contributed by atoms with Crippen molar-refractivity contribution < 1.29 is 24.2 Å². The average Bonchev–Trinajstić information content (AvgIpc) is 3.14. The molecule has 2 aromatic carbocycles. The fourth-order valence-corrected chi connectivity index (χ4v) is 2.68. The molecule has 0 spiro atoms. The number of aromatic hydroxyl groups is 1. The smallest absolute Gasteiger partial charge is 0.347 e. The normalized spacial score (nSPS) is 16.4. The number of hydrogen-bond acceptors (Lipinski definition) is 6. The summed E-state index contributed by atoms with van der Waals surface area (Å²) in [5, 5.41) is 13.0. The van der Waals surface area contributed by atoms with E-state index in [0.717, 1.165) is 19.4 Å². The predicted molar refractivity (Wildman–Crippen MR) is 90.8 cm³/mol. The summed E-state index contributed by atoms with van der Waals surface area (Å²) in [4.78, 5) is 24.5. The quantitative estimate of drug-likeness (QED) is 0.642. The van der Waals surface area contributed by atoms with Gasteiger partial charge in [0.25, 0.3) is 0 Å². The van der Waals surface area contributed by atoms with Crippen molar-refractivity contribution in [2.24, 2.45) is 0 Å². The van der Waals surface area contributed by atoms with Crippen molar-refractivity contribution in [3.63, 3.8) is 0 Å². The highest BCUT2D eigenvalue weighted by atomic mass is 16.5. The first-order valence-electron chi connectivity index (χ1n) is 8.15. The van der Waals surface area contributed by atoms with E-state index in [9.17, 15) is 14.7 Å². The van der Waals surface area contributed by atoms with Gasteiger partial charge in [-0.3, -0.25) is 0 Å². The van der Waals surface area contributed by atoms with E-state index in [1.807, 2.05) is 0 Å².